The van der Waals surface area contributed by atoms with E-state index in [-0.39, 0.29) is 5.69 Å². The third kappa shape index (κ3) is 4.51. The molecule has 2 aromatic carbocycles. The Labute approximate surface area is 135 Å². The number of nitrogens with zero attached hydrogens (tertiary/aromatic N) is 1. The maximum Gasteiger partial charge on any atom is 0.269 e. The van der Waals surface area contributed by atoms with Crippen molar-refractivity contribution < 1.29 is 4.92 Å². The molecule has 2 aromatic rings. The van der Waals surface area contributed by atoms with Crippen molar-refractivity contribution in [1.82, 2.24) is 5.32 Å². The fourth-order valence-electron chi connectivity index (χ4n) is 1.66. The van der Waals surface area contributed by atoms with Gasteiger partial charge in [-0.3, -0.25) is 10.1 Å². The first-order valence-electron chi connectivity index (χ1n) is 6.09. The van der Waals surface area contributed by atoms with Gasteiger partial charge in [-0.05, 0) is 36.0 Å². The SMILES string of the molecule is O=[N+]([O-])c1ccc(NC(=S)NCc2ccccc2Br)cc1. The zero-order valence-corrected chi connectivity index (χ0v) is 13.3. The largest absolute Gasteiger partial charge is 0.358 e. The summed E-state index contributed by atoms with van der Waals surface area (Å²) >= 11 is 8.66. The summed E-state index contributed by atoms with van der Waals surface area (Å²) in [5.74, 6) is 0. The highest BCUT2D eigenvalue weighted by Gasteiger charge is 2.05. The number of non-ortho nitro benzene ring substituents is 1. The van der Waals surface area contributed by atoms with Gasteiger partial charge in [0.15, 0.2) is 5.11 Å². The Bertz CT molecular complexity index is 662. The number of thiocarbonyl (C=S) groups is 1. The predicted octanol–water partition coefficient (Wildman–Crippen LogP) is 3.84. The van der Waals surface area contributed by atoms with Gasteiger partial charge in [-0.25, -0.2) is 0 Å². The van der Waals surface area contributed by atoms with Gasteiger partial charge in [-0.15, -0.1) is 0 Å². The normalized spacial score (nSPS) is 9.95. The summed E-state index contributed by atoms with van der Waals surface area (Å²) in [6.45, 7) is 0.584. The maximum absolute atomic E-state index is 10.6. The Balaban J connectivity index is 1.90. The predicted molar refractivity (Wildman–Crippen MR) is 90.3 cm³/mol. The number of anilines is 1. The van der Waals surface area contributed by atoms with Gasteiger partial charge in [0.2, 0.25) is 0 Å². The van der Waals surface area contributed by atoms with Crippen LogP contribution < -0.4 is 10.6 Å². The van der Waals surface area contributed by atoms with Crippen LogP contribution in [0.4, 0.5) is 11.4 Å². The Morgan fingerprint density at radius 3 is 2.48 bits per heavy atom. The Morgan fingerprint density at radius 1 is 1.19 bits per heavy atom. The molecule has 0 radical (unpaired) electrons. The molecule has 0 heterocycles. The van der Waals surface area contributed by atoms with Crippen molar-refractivity contribution >= 4 is 44.6 Å². The molecule has 0 spiro atoms. The monoisotopic (exact) mass is 365 g/mol. The van der Waals surface area contributed by atoms with E-state index in [0.29, 0.717) is 17.3 Å². The molecule has 0 unspecified atom stereocenters. The molecule has 0 aromatic heterocycles. The fourth-order valence-corrected chi connectivity index (χ4v) is 2.27. The second kappa shape index (κ2) is 7.14. The van der Waals surface area contributed by atoms with Gasteiger partial charge < -0.3 is 10.6 Å². The van der Waals surface area contributed by atoms with Crippen LogP contribution in [-0.4, -0.2) is 10.0 Å². The first kappa shape index (κ1) is 15.4. The molecule has 2 rings (SSSR count). The van der Waals surface area contributed by atoms with Gasteiger partial charge in [0, 0.05) is 28.8 Å². The molecular weight excluding hydrogens is 354 g/mol. The Hall–Kier alpha value is -1.99. The summed E-state index contributed by atoms with van der Waals surface area (Å²) in [5.41, 5.74) is 1.84. The van der Waals surface area contributed by atoms with E-state index in [4.69, 9.17) is 12.2 Å². The van der Waals surface area contributed by atoms with Crippen LogP contribution in [0.2, 0.25) is 0 Å². The highest BCUT2D eigenvalue weighted by Crippen LogP contribution is 2.16. The lowest BCUT2D eigenvalue weighted by molar-refractivity contribution is -0.384. The molecule has 0 aliphatic heterocycles. The van der Waals surface area contributed by atoms with E-state index in [9.17, 15) is 10.1 Å². The molecule has 0 saturated heterocycles. The van der Waals surface area contributed by atoms with Crippen LogP contribution in [0.1, 0.15) is 5.56 Å². The van der Waals surface area contributed by atoms with Crippen molar-refractivity contribution in [3.05, 3.63) is 68.7 Å². The van der Waals surface area contributed by atoms with Crippen molar-refractivity contribution in [3.8, 4) is 0 Å². The number of nitro benzene ring substituents is 1. The quantitative estimate of drug-likeness (QED) is 0.489. The molecule has 7 heteroatoms. The Morgan fingerprint density at radius 2 is 1.86 bits per heavy atom. The van der Waals surface area contributed by atoms with E-state index in [1.165, 1.54) is 12.1 Å². The molecule has 0 fully saturated rings. The lowest BCUT2D eigenvalue weighted by Gasteiger charge is -2.11. The minimum absolute atomic E-state index is 0.0487. The molecule has 0 aliphatic rings. The van der Waals surface area contributed by atoms with Gasteiger partial charge in [0.05, 0.1) is 4.92 Å². The molecule has 21 heavy (non-hydrogen) atoms. The van der Waals surface area contributed by atoms with Gasteiger partial charge in [-0.2, -0.15) is 0 Å². The molecule has 0 aliphatic carbocycles. The molecule has 108 valence electrons. The van der Waals surface area contributed by atoms with E-state index in [1.54, 1.807) is 12.1 Å². The second-order valence-electron chi connectivity index (χ2n) is 4.20. The second-order valence-corrected chi connectivity index (χ2v) is 5.47. The van der Waals surface area contributed by atoms with E-state index >= 15 is 0 Å². The van der Waals surface area contributed by atoms with E-state index in [2.05, 4.69) is 26.6 Å². The average molecular weight is 366 g/mol. The third-order valence-corrected chi connectivity index (χ3v) is 3.75. The average Bonchev–Trinajstić information content (AvgIpc) is 2.47. The van der Waals surface area contributed by atoms with Gasteiger partial charge in [-0.1, -0.05) is 34.1 Å². The van der Waals surface area contributed by atoms with Crippen molar-refractivity contribution in [2.24, 2.45) is 0 Å². The van der Waals surface area contributed by atoms with Crippen LogP contribution >= 0.6 is 28.1 Å². The first-order chi connectivity index (χ1) is 10.1. The number of rotatable bonds is 4. The third-order valence-electron chi connectivity index (χ3n) is 2.73. The number of halogens is 1. The first-order valence-corrected chi connectivity index (χ1v) is 7.29. The fraction of sp³-hybridized carbons (Fsp3) is 0.0714. The molecular formula is C14H12BrN3O2S. The van der Waals surface area contributed by atoms with Crippen LogP contribution in [0.5, 0.6) is 0 Å². The van der Waals surface area contributed by atoms with E-state index < -0.39 is 4.92 Å². The zero-order valence-electron chi connectivity index (χ0n) is 10.9. The standard InChI is InChI=1S/C14H12BrN3O2S/c15-13-4-2-1-3-10(13)9-16-14(21)17-11-5-7-12(8-6-11)18(19)20/h1-8H,9H2,(H2,16,17,21). The highest BCUT2D eigenvalue weighted by molar-refractivity contribution is 9.10. The molecule has 0 amide bonds. The number of nitrogens with one attached hydrogen (secondary N) is 2. The summed E-state index contributed by atoms with van der Waals surface area (Å²) in [7, 11) is 0. The summed E-state index contributed by atoms with van der Waals surface area (Å²) in [6.07, 6.45) is 0. The smallest absolute Gasteiger partial charge is 0.269 e. The lowest BCUT2D eigenvalue weighted by atomic mass is 10.2. The summed E-state index contributed by atoms with van der Waals surface area (Å²) in [5, 5.41) is 17.1. The number of hydrogen-bond acceptors (Lipinski definition) is 3. The summed E-state index contributed by atoms with van der Waals surface area (Å²) in [4.78, 5) is 10.1. The molecule has 0 atom stereocenters. The van der Waals surface area contributed by atoms with Crippen LogP contribution in [0, 0.1) is 10.1 Å². The lowest BCUT2D eigenvalue weighted by Crippen LogP contribution is -2.27. The minimum Gasteiger partial charge on any atom is -0.358 e. The highest BCUT2D eigenvalue weighted by atomic mass is 79.9. The van der Waals surface area contributed by atoms with Crippen molar-refractivity contribution in [3.63, 3.8) is 0 Å². The van der Waals surface area contributed by atoms with Gasteiger partial charge in [0.25, 0.3) is 5.69 Å². The van der Waals surface area contributed by atoms with Crippen molar-refractivity contribution in [2.75, 3.05) is 5.32 Å². The number of nitro groups is 1. The van der Waals surface area contributed by atoms with Crippen LogP contribution in [0.25, 0.3) is 0 Å². The molecule has 0 saturated carbocycles. The van der Waals surface area contributed by atoms with Crippen molar-refractivity contribution in [2.45, 2.75) is 6.54 Å². The topological polar surface area (TPSA) is 67.2 Å². The summed E-state index contributed by atoms with van der Waals surface area (Å²) in [6, 6.07) is 13.9. The minimum atomic E-state index is -0.437. The van der Waals surface area contributed by atoms with Crippen LogP contribution in [0.15, 0.2) is 53.0 Å². The maximum atomic E-state index is 10.6. The number of hydrogen-bond donors (Lipinski definition) is 2. The zero-order chi connectivity index (χ0) is 15.2. The molecule has 0 bridgehead atoms. The Kier molecular flexibility index (Phi) is 5.24. The molecule has 5 nitrogen and oxygen atoms in total. The van der Waals surface area contributed by atoms with E-state index in [1.807, 2.05) is 24.3 Å². The number of benzene rings is 2. The van der Waals surface area contributed by atoms with Crippen molar-refractivity contribution in [1.29, 1.82) is 0 Å². The van der Waals surface area contributed by atoms with Crippen LogP contribution in [-0.2, 0) is 6.54 Å². The van der Waals surface area contributed by atoms with E-state index in [0.717, 1.165) is 10.0 Å². The van der Waals surface area contributed by atoms with Gasteiger partial charge in [0.1, 0.15) is 0 Å². The van der Waals surface area contributed by atoms with Gasteiger partial charge >= 0.3 is 0 Å². The molecule has 2 N–H and O–H groups in total. The summed E-state index contributed by atoms with van der Waals surface area (Å²) < 4.78 is 1.01. The van der Waals surface area contributed by atoms with Crippen LogP contribution in [0.3, 0.4) is 0 Å².